The molecule has 0 saturated carbocycles. The van der Waals surface area contributed by atoms with E-state index in [9.17, 15) is 0 Å². The van der Waals surface area contributed by atoms with E-state index in [1.54, 1.807) is 0 Å². The monoisotopic (exact) mass is 241 g/mol. The lowest BCUT2D eigenvalue weighted by atomic mass is 10.3. The van der Waals surface area contributed by atoms with Crippen molar-refractivity contribution in [2.75, 3.05) is 25.1 Å². The molecule has 1 aromatic rings. The maximum absolute atomic E-state index is 5.79. The standard InChI is InChI=1S/C13H20ClNO/c1-2-3-4-10-16-11-9-15-13-7-5-12(14)6-8-13/h5-8,15H,2-4,9-11H2,1H3. The molecule has 90 valence electrons. The van der Waals surface area contributed by atoms with Gasteiger partial charge in [0.2, 0.25) is 0 Å². The molecule has 0 heterocycles. The van der Waals surface area contributed by atoms with Crippen molar-refractivity contribution in [2.24, 2.45) is 0 Å². The predicted octanol–water partition coefficient (Wildman–Crippen LogP) is 3.96. The van der Waals surface area contributed by atoms with Crippen LogP contribution in [-0.2, 0) is 4.74 Å². The maximum Gasteiger partial charge on any atom is 0.0639 e. The first-order valence-corrected chi connectivity index (χ1v) is 6.28. The van der Waals surface area contributed by atoms with E-state index in [2.05, 4.69) is 12.2 Å². The number of anilines is 1. The molecule has 0 aromatic heterocycles. The molecular weight excluding hydrogens is 222 g/mol. The Labute approximate surface area is 103 Å². The first-order chi connectivity index (χ1) is 7.83. The number of hydrogen-bond acceptors (Lipinski definition) is 2. The fourth-order valence-electron chi connectivity index (χ4n) is 1.39. The molecule has 0 aliphatic carbocycles. The molecule has 0 saturated heterocycles. The second-order valence-electron chi connectivity index (χ2n) is 3.75. The minimum Gasteiger partial charge on any atom is -0.383 e. The largest absolute Gasteiger partial charge is 0.383 e. The van der Waals surface area contributed by atoms with Gasteiger partial charge in [-0.2, -0.15) is 0 Å². The summed E-state index contributed by atoms with van der Waals surface area (Å²) < 4.78 is 5.49. The zero-order chi connectivity index (χ0) is 11.6. The summed E-state index contributed by atoms with van der Waals surface area (Å²) in [6.45, 7) is 4.67. The van der Waals surface area contributed by atoms with Crippen LogP contribution in [0.2, 0.25) is 5.02 Å². The highest BCUT2D eigenvalue weighted by Gasteiger charge is 1.92. The first-order valence-electron chi connectivity index (χ1n) is 5.90. The fourth-order valence-corrected chi connectivity index (χ4v) is 1.52. The predicted molar refractivity (Wildman–Crippen MR) is 70.3 cm³/mol. The topological polar surface area (TPSA) is 21.3 Å². The summed E-state index contributed by atoms with van der Waals surface area (Å²) in [5, 5.41) is 4.04. The van der Waals surface area contributed by atoms with Crippen molar-refractivity contribution in [3.8, 4) is 0 Å². The molecule has 0 aliphatic heterocycles. The lowest BCUT2D eigenvalue weighted by Crippen LogP contribution is -2.09. The molecule has 3 heteroatoms. The van der Waals surface area contributed by atoms with Crippen molar-refractivity contribution < 1.29 is 4.74 Å². The third-order valence-electron chi connectivity index (χ3n) is 2.31. The molecule has 1 rings (SSSR count). The van der Waals surface area contributed by atoms with Gasteiger partial charge in [-0.3, -0.25) is 0 Å². The van der Waals surface area contributed by atoms with Gasteiger partial charge in [0.05, 0.1) is 6.61 Å². The van der Waals surface area contributed by atoms with E-state index in [0.717, 1.165) is 36.9 Å². The summed E-state index contributed by atoms with van der Waals surface area (Å²) >= 11 is 5.79. The molecule has 0 radical (unpaired) electrons. The van der Waals surface area contributed by atoms with Gasteiger partial charge in [0.1, 0.15) is 0 Å². The Morgan fingerprint density at radius 1 is 1.12 bits per heavy atom. The van der Waals surface area contributed by atoms with Crippen molar-refractivity contribution >= 4 is 17.3 Å². The highest BCUT2D eigenvalue weighted by molar-refractivity contribution is 6.30. The van der Waals surface area contributed by atoms with Gasteiger partial charge < -0.3 is 10.1 Å². The Hall–Kier alpha value is -0.730. The number of nitrogens with one attached hydrogen (secondary N) is 1. The Morgan fingerprint density at radius 3 is 2.56 bits per heavy atom. The van der Waals surface area contributed by atoms with Gasteiger partial charge in [0, 0.05) is 23.9 Å². The minimum atomic E-state index is 0.756. The third-order valence-corrected chi connectivity index (χ3v) is 2.56. The molecule has 0 bridgehead atoms. The van der Waals surface area contributed by atoms with Crippen LogP contribution >= 0.6 is 11.6 Å². The SMILES string of the molecule is CCCCCOCCNc1ccc(Cl)cc1. The Balaban J connectivity index is 2.01. The summed E-state index contributed by atoms with van der Waals surface area (Å²) in [6.07, 6.45) is 3.66. The highest BCUT2D eigenvalue weighted by atomic mass is 35.5. The van der Waals surface area contributed by atoms with Crippen LogP contribution in [0.15, 0.2) is 24.3 Å². The smallest absolute Gasteiger partial charge is 0.0639 e. The average Bonchev–Trinajstić information content (AvgIpc) is 2.30. The normalized spacial score (nSPS) is 10.4. The number of ether oxygens (including phenoxy) is 1. The van der Waals surface area contributed by atoms with E-state index in [0.29, 0.717) is 0 Å². The van der Waals surface area contributed by atoms with Gasteiger partial charge in [-0.05, 0) is 30.7 Å². The number of unbranched alkanes of at least 4 members (excludes halogenated alkanes) is 2. The van der Waals surface area contributed by atoms with Crippen LogP contribution in [0.25, 0.3) is 0 Å². The molecule has 0 amide bonds. The van der Waals surface area contributed by atoms with Crippen molar-refractivity contribution in [2.45, 2.75) is 26.2 Å². The zero-order valence-electron chi connectivity index (χ0n) is 9.84. The quantitative estimate of drug-likeness (QED) is 0.696. The molecule has 0 unspecified atom stereocenters. The lowest BCUT2D eigenvalue weighted by molar-refractivity contribution is 0.140. The van der Waals surface area contributed by atoms with Crippen molar-refractivity contribution in [3.05, 3.63) is 29.3 Å². The summed E-state index contributed by atoms with van der Waals surface area (Å²) in [5.41, 5.74) is 1.08. The van der Waals surface area contributed by atoms with E-state index in [-0.39, 0.29) is 0 Å². The van der Waals surface area contributed by atoms with Gasteiger partial charge in [0.15, 0.2) is 0 Å². The second kappa shape index (κ2) is 8.43. The minimum absolute atomic E-state index is 0.756. The molecule has 1 aromatic carbocycles. The number of benzene rings is 1. The molecule has 0 spiro atoms. The van der Waals surface area contributed by atoms with Crippen LogP contribution in [0, 0.1) is 0 Å². The van der Waals surface area contributed by atoms with Crippen LogP contribution in [0.3, 0.4) is 0 Å². The first kappa shape index (κ1) is 13.3. The molecule has 1 N–H and O–H groups in total. The maximum atomic E-state index is 5.79. The van der Waals surface area contributed by atoms with Crippen molar-refractivity contribution in [1.82, 2.24) is 0 Å². The van der Waals surface area contributed by atoms with E-state index in [1.807, 2.05) is 24.3 Å². The van der Waals surface area contributed by atoms with Gasteiger partial charge in [0.25, 0.3) is 0 Å². The van der Waals surface area contributed by atoms with Crippen LogP contribution < -0.4 is 5.32 Å². The van der Waals surface area contributed by atoms with E-state index < -0.39 is 0 Å². The Kier molecular flexibility index (Phi) is 7.02. The van der Waals surface area contributed by atoms with Gasteiger partial charge in [-0.15, -0.1) is 0 Å². The van der Waals surface area contributed by atoms with Crippen LogP contribution in [0.4, 0.5) is 5.69 Å². The molecule has 0 atom stereocenters. The number of rotatable bonds is 8. The van der Waals surface area contributed by atoms with E-state index in [1.165, 1.54) is 12.8 Å². The van der Waals surface area contributed by atoms with Crippen LogP contribution in [0.1, 0.15) is 26.2 Å². The van der Waals surface area contributed by atoms with E-state index >= 15 is 0 Å². The second-order valence-corrected chi connectivity index (χ2v) is 4.19. The van der Waals surface area contributed by atoms with Crippen LogP contribution in [0.5, 0.6) is 0 Å². The number of hydrogen-bond donors (Lipinski definition) is 1. The summed E-state index contributed by atoms with van der Waals surface area (Å²) in [5.74, 6) is 0. The zero-order valence-corrected chi connectivity index (χ0v) is 10.6. The average molecular weight is 242 g/mol. The number of halogens is 1. The van der Waals surface area contributed by atoms with Crippen molar-refractivity contribution in [1.29, 1.82) is 0 Å². The third kappa shape index (κ3) is 5.99. The highest BCUT2D eigenvalue weighted by Crippen LogP contribution is 2.12. The van der Waals surface area contributed by atoms with Gasteiger partial charge >= 0.3 is 0 Å². The van der Waals surface area contributed by atoms with Gasteiger partial charge in [-0.1, -0.05) is 31.4 Å². The molecule has 0 fully saturated rings. The molecule has 16 heavy (non-hydrogen) atoms. The van der Waals surface area contributed by atoms with Crippen molar-refractivity contribution in [3.63, 3.8) is 0 Å². The van der Waals surface area contributed by atoms with E-state index in [4.69, 9.17) is 16.3 Å². The molecular formula is C13H20ClNO. The Bertz CT molecular complexity index is 274. The fraction of sp³-hybridized carbons (Fsp3) is 0.538. The summed E-state index contributed by atoms with van der Waals surface area (Å²) in [6, 6.07) is 7.71. The van der Waals surface area contributed by atoms with Crippen LogP contribution in [-0.4, -0.2) is 19.8 Å². The Morgan fingerprint density at radius 2 is 1.88 bits per heavy atom. The molecule has 2 nitrogen and oxygen atoms in total. The lowest BCUT2D eigenvalue weighted by Gasteiger charge is -2.07. The summed E-state index contributed by atoms with van der Waals surface area (Å²) in [7, 11) is 0. The summed E-state index contributed by atoms with van der Waals surface area (Å²) in [4.78, 5) is 0. The van der Waals surface area contributed by atoms with Gasteiger partial charge in [-0.25, -0.2) is 0 Å². The molecule has 0 aliphatic rings.